The molecular weight excluding hydrogens is 733 g/mol. The van der Waals surface area contributed by atoms with E-state index >= 15 is 0 Å². The largest absolute Gasteiger partial charge is 0.444 e. The summed E-state index contributed by atoms with van der Waals surface area (Å²) in [4.78, 5) is 36.5. The molecule has 3 aliphatic rings. The van der Waals surface area contributed by atoms with Crippen LogP contribution in [0, 0.1) is 5.41 Å². The van der Waals surface area contributed by atoms with Crippen molar-refractivity contribution in [1.29, 1.82) is 0 Å². The highest BCUT2D eigenvalue weighted by atomic mass is 32.1. The average molecular weight is 789 g/mol. The van der Waals surface area contributed by atoms with Crippen molar-refractivity contribution in [1.82, 2.24) is 30.3 Å². The van der Waals surface area contributed by atoms with Gasteiger partial charge in [0.1, 0.15) is 17.7 Å². The molecule has 7 rings (SSSR count). The molecule has 14 heteroatoms. The molecule has 3 N–H and O–H groups in total. The van der Waals surface area contributed by atoms with E-state index < -0.39 is 23.2 Å². The molecule has 56 heavy (non-hydrogen) atoms. The standard InChI is InChI=1S/C42H56N6O7S/c1-41(2,3)55-40(51)46-30(39(50)48-17-8-7-16-44-48)23-33-45-31(24-56-33)26-11-12-32-29(22-26)34-35(42(4,5)25-49)38(52-6)36-28(10-9-15-43-36)37(34)47(32)18-21-54-27-13-19-53-20-14-27/h9-12,15,22,24,27,30,35,38,44,49H,7-8,13-14,16-21,23,25H2,1-6H3,(H,46,51)/t30-,35?,38-/m0/s1. The Balaban J connectivity index is 1.27. The Hall–Kier alpha value is -3.92. The number of ether oxygens (including phenoxy) is 4. The fourth-order valence-electron chi connectivity index (χ4n) is 8.26. The van der Waals surface area contributed by atoms with Crippen LogP contribution >= 0.6 is 11.3 Å². The van der Waals surface area contributed by atoms with Gasteiger partial charge in [0, 0.05) is 92.5 Å². The van der Waals surface area contributed by atoms with E-state index in [-0.39, 0.29) is 37.1 Å². The molecule has 3 atom stereocenters. The van der Waals surface area contributed by atoms with Gasteiger partial charge in [-0.25, -0.2) is 15.2 Å². The van der Waals surface area contributed by atoms with Crippen molar-refractivity contribution in [2.45, 2.75) is 103 Å². The van der Waals surface area contributed by atoms with Crippen molar-refractivity contribution < 1.29 is 33.6 Å². The van der Waals surface area contributed by atoms with Crippen molar-refractivity contribution in [3.05, 3.63) is 58.2 Å². The second-order valence-corrected chi connectivity index (χ2v) is 17.6. The first-order valence-corrected chi connectivity index (χ1v) is 20.7. The van der Waals surface area contributed by atoms with Crippen LogP contribution in [0.4, 0.5) is 4.79 Å². The maximum atomic E-state index is 13.7. The van der Waals surface area contributed by atoms with E-state index in [1.54, 1.807) is 32.9 Å². The summed E-state index contributed by atoms with van der Waals surface area (Å²) in [6, 6.07) is 9.65. The highest BCUT2D eigenvalue weighted by Gasteiger charge is 2.46. The molecule has 1 aromatic carbocycles. The molecule has 1 aliphatic carbocycles. The minimum Gasteiger partial charge on any atom is -0.444 e. The number of thiazole rings is 1. The summed E-state index contributed by atoms with van der Waals surface area (Å²) in [6.45, 7) is 13.4. The predicted octanol–water partition coefficient (Wildman–Crippen LogP) is 6.39. The molecule has 0 saturated carbocycles. The van der Waals surface area contributed by atoms with Crippen molar-refractivity contribution in [2.75, 3.05) is 46.6 Å². The fraction of sp³-hybridized carbons (Fsp3) is 0.571. The van der Waals surface area contributed by atoms with Crippen LogP contribution in [0.25, 0.3) is 33.4 Å². The van der Waals surface area contributed by atoms with Crippen molar-refractivity contribution in [3.8, 4) is 22.5 Å². The smallest absolute Gasteiger partial charge is 0.408 e. The van der Waals surface area contributed by atoms with Crippen LogP contribution in [0.1, 0.15) is 88.6 Å². The monoisotopic (exact) mass is 788 g/mol. The van der Waals surface area contributed by atoms with Crippen molar-refractivity contribution in [3.63, 3.8) is 0 Å². The quantitative estimate of drug-likeness (QED) is 0.148. The number of alkyl carbamates (subject to hydrolysis) is 1. The lowest BCUT2D eigenvalue weighted by molar-refractivity contribution is -0.137. The van der Waals surface area contributed by atoms with Gasteiger partial charge < -0.3 is 33.9 Å². The molecule has 13 nitrogen and oxygen atoms in total. The summed E-state index contributed by atoms with van der Waals surface area (Å²) in [7, 11) is 1.72. The number of aliphatic hydroxyl groups is 1. The number of fused-ring (bicyclic) bond motifs is 5. The first-order valence-electron chi connectivity index (χ1n) is 19.8. The van der Waals surface area contributed by atoms with Gasteiger partial charge >= 0.3 is 6.09 Å². The molecule has 5 heterocycles. The number of carbonyl (C=O) groups is 2. The number of amides is 2. The third-order valence-corrected chi connectivity index (χ3v) is 11.9. The van der Waals surface area contributed by atoms with E-state index in [0.717, 1.165) is 88.6 Å². The summed E-state index contributed by atoms with van der Waals surface area (Å²) in [5, 5.41) is 19.0. The fourth-order valence-corrected chi connectivity index (χ4v) is 9.11. The number of carbonyl (C=O) groups excluding carboxylic acids is 2. The molecule has 3 aromatic heterocycles. The van der Waals surface area contributed by atoms with Gasteiger partial charge in [-0.05, 0) is 81.7 Å². The second-order valence-electron chi connectivity index (χ2n) is 16.7. The first-order chi connectivity index (χ1) is 26.9. The van der Waals surface area contributed by atoms with Gasteiger partial charge in [-0.3, -0.25) is 14.8 Å². The number of hydrazine groups is 1. The zero-order chi connectivity index (χ0) is 39.6. The number of rotatable bonds is 12. The van der Waals surface area contributed by atoms with Crippen LogP contribution < -0.4 is 10.7 Å². The molecule has 2 aliphatic heterocycles. The van der Waals surface area contributed by atoms with Crippen LogP contribution in [0.2, 0.25) is 0 Å². The van der Waals surface area contributed by atoms with Gasteiger partial charge in [-0.15, -0.1) is 11.3 Å². The molecule has 302 valence electrons. The molecule has 0 radical (unpaired) electrons. The van der Waals surface area contributed by atoms with E-state index in [0.29, 0.717) is 26.2 Å². The number of hydrogen-bond donors (Lipinski definition) is 3. The SMILES string of the molecule is CO[C@@H]1c2ncccc2-c2c(c3cc(-c4csc(C[C@H](NC(=O)OC(C)(C)C)C(=O)N5CCCCN5)n4)ccc3n2CCOC2CCOCC2)C1C(C)(C)CO. The Kier molecular flexibility index (Phi) is 12.2. The van der Waals surface area contributed by atoms with E-state index in [1.165, 1.54) is 11.3 Å². The summed E-state index contributed by atoms with van der Waals surface area (Å²) in [6.07, 6.45) is 4.82. The van der Waals surface area contributed by atoms with Gasteiger partial charge in [0.2, 0.25) is 0 Å². The van der Waals surface area contributed by atoms with Crippen LogP contribution in [-0.4, -0.2) is 101 Å². The van der Waals surface area contributed by atoms with Gasteiger partial charge in [0.25, 0.3) is 5.91 Å². The number of methoxy groups -OCH3 is 1. The van der Waals surface area contributed by atoms with E-state index in [4.69, 9.17) is 28.9 Å². The molecule has 2 fully saturated rings. The minimum absolute atomic E-state index is 0.0437. The predicted molar refractivity (Wildman–Crippen MR) is 215 cm³/mol. The highest BCUT2D eigenvalue weighted by molar-refractivity contribution is 7.10. The summed E-state index contributed by atoms with van der Waals surface area (Å²) >= 11 is 1.46. The van der Waals surface area contributed by atoms with Crippen molar-refractivity contribution in [2.24, 2.45) is 5.41 Å². The average Bonchev–Trinajstić information content (AvgIpc) is 3.79. The van der Waals surface area contributed by atoms with Crippen LogP contribution in [0.5, 0.6) is 0 Å². The highest BCUT2D eigenvalue weighted by Crippen LogP contribution is 2.56. The number of nitrogens with one attached hydrogen (secondary N) is 2. The maximum absolute atomic E-state index is 13.7. The van der Waals surface area contributed by atoms with Gasteiger partial charge in [0.15, 0.2) is 0 Å². The van der Waals surface area contributed by atoms with Crippen LogP contribution in [0.15, 0.2) is 41.9 Å². The number of benzene rings is 1. The van der Waals surface area contributed by atoms with Crippen molar-refractivity contribution >= 4 is 34.2 Å². The lowest BCUT2D eigenvalue weighted by atomic mass is 9.67. The lowest BCUT2D eigenvalue weighted by Crippen LogP contribution is -2.56. The zero-order valence-corrected chi connectivity index (χ0v) is 34.2. The second kappa shape index (κ2) is 16.9. The summed E-state index contributed by atoms with van der Waals surface area (Å²) in [5.41, 5.74) is 8.69. The first kappa shape index (κ1) is 40.3. The molecule has 0 bridgehead atoms. The summed E-state index contributed by atoms with van der Waals surface area (Å²) < 4.78 is 26.1. The van der Waals surface area contributed by atoms with Gasteiger partial charge in [-0.2, -0.15) is 0 Å². The number of nitrogens with zero attached hydrogens (tertiary/aromatic N) is 4. The van der Waals surface area contributed by atoms with Crippen LogP contribution in [0.3, 0.4) is 0 Å². The van der Waals surface area contributed by atoms with E-state index in [2.05, 4.69) is 53.4 Å². The normalized spacial score (nSPS) is 19.7. The number of aliphatic hydroxyl groups excluding tert-OH is 1. The molecule has 0 spiro atoms. The Labute approximate surface area is 333 Å². The third kappa shape index (κ3) is 8.51. The molecule has 2 saturated heterocycles. The number of pyridine rings is 1. The summed E-state index contributed by atoms with van der Waals surface area (Å²) in [5.74, 6) is -0.437. The lowest BCUT2D eigenvalue weighted by Gasteiger charge is -2.41. The molecular formula is C42H56N6O7S. The third-order valence-electron chi connectivity index (χ3n) is 11.0. The van der Waals surface area contributed by atoms with Gasteiger partial charge in [0.05, 0.1) is 34.8 Å². The Morgan fingerprint density at radius 3 is 2.66 bits per heavy atom. The van der Waals surface area contributed by atoms with Crippen LogP contribution in [-0.2, 0) is 36.7 Å². The topological polar surface area (TPSA) is 149 Å². The minimum atomic E-state index is -0.859. The zero-order valence-electron chi connectivity index (χ0n) is 33.4. The molecule has 1 unspecified atom stereocenters. The number of hydrogen-bond acceptors (Lipinski definition) is 11. The molecule has 4 aromatic rings. The van der Waals surface area contributed by atoms with E-state index in [1.807, 2.05) is 17.6 Å². The molecule has 2 amide bonds. The van der Waals surface area contributed by atoms with E-state index in [9.17, 15) is 14.7 Å². The Morgan fingerprint density at radius 2 is 1.95 bits per heavy atom. The Bertz CT molecular complexity index is 2010. The Morgan fingerprint density at radius 1 is 1.14 bits per heavy atom. The van der Waals surface area contributed by atoms with Gasteiger partial charge in [-0.1, -0.05) is 19.9 Å². The number of aromatic nitrogens is 3. The maximum Gasteiger partial charge on any atom is 0.408 e.